The molecule has 0 amide bonds. The summed E-state index contributed by atoms with van der Waals surface area (Å²) in [5.74, 6) is 0.251. The van der Waals surface area contributed by atoms with E-state index in [1.807, 2.05) is 6.07 Å². The summed E-state index contributed by atoms with van der Waals surface area (Å²) in [6, 6.07) is 11.0. The largest absolute Gasteiger partial charge is 0.334 e. The van der Waals surface area contributed by atoms with E-state index in [1.54, 1.807) is 24.3 Å². The van der Waals surface area contributed by atoms with Crippen molar-refractivity contribution in [3.8, 4) is 11.5 Å². The van der Waals surface area contributed by atoms with Crippen LogP contribution in [0.4, 0.5) is 4.39 Å². The number of hydrogen-bond donors (Lipinski definition) is 0. The van der Waals surface area contributed by atoms with E-state index in [-0.39, 0.29) is 23.8 Å². The second-order valence-corrected chi connectivity index (χ2v) is 6.28. The summed E-state index contributed by atoms with van der Waals surface area (Å²) in [5.41, 5.74) is 1.03. The summed E-state index contributed by atoms with van der Waals surface area (Å²) in [6.45, 7) is 0.124. The zero-order valence-electron chi connectivity index (χ0n) is 12.7. The Labute approximate surface area is 149 Å². The third-order valence-corrected chi connectivity index (χ3v) is 4.15. The summed E-state index contributed by atoms with van der Waals surface area (Å²) in [5, 5.41) is 4.37. The summed E-state index contributed by atoms with van der Waals surface area (Å²) < 4.78 is 20.4. The van der Waals surface area contributed by atoms with Gasteiger partial charge in [0.15, 0.2) is 5.82 Å². The minimum Gasteiger partial charge on any atom is -0.334 e. The van der Waals surface area contributed by atoms with Crippen molar-refractivity contribution >= 4 is 26.8 Å². The number of benzene rings is 2. The van der Waals surface area contributed by atoms with Gasteiger partial charge < -0.3 is 4.52 Å². The molecule has 4 aromatic rings. The van der Waals surface area contributed by atoms with Crippen molar-refractivity contribution in [3.63, 3.8) is 0 Å². The van der Waals surface area contributed by atoms with Crippen LogP contribution in [-0.2, 0) is 6.54 Å². The van der Waals surface area contributed by atoms with Crippen LogP contribution in [0.25, 0.3) is 22.4 Å². The van der Waals surface area contributed by atoms with Crippen LogP contribution < -0.4 is 5.56 Å². The van der Waals surface area contributed by atoms with Gasteiger partial charge in [-0.25, -0.2) is 9.37 Å². The molecule has 6 nitrogen and oxygen atoms in total. The van der Waals surface area contributed by atoms with Gasteiger partial charge in [0.1, 0.15) is 5.82 Å². The lowest BCUT2D eigenvalue weighted by Crippen LogP contribution is -2.21. The van der Waals surface area contributed by atoms with Gasteiger partial charge in [0.25, 0.3) is 11.4 Å². The van der Waals surface area contributed by atoms with Crippen molar-refractivity contribution < 1.29 is 8.91 Å². The number of rotatable bonds is 3. The quantitative estimate of drug-likeness (QED) is 0.526. The molecule has 2 aromatic carbocycles. The first-order valence-corrected chi connectivity index (χ1v) is 8.13. The zero-order chi connectivity index (χ0) is 17.4. The number of fused-ring (bicyclic) bond motifs is 1. The molecule has 0 bridgehead atoms. The summed E-state index contributed by atoms with van der Waals surface area (Å²) in [4.78, 5) is 21.1. The Morgan fingerprint density at radius 1 is 1.16 bits per heavy atom. The molecule has 8 heteroatoms. The van der Waals surface area contributed by atoms with Crippen molar-refractivity contribution in [1.82, 2.24) is 19.7 Å². The Morgan fingerprint density at radius 3 is 2.76 bits per heavy atom. The fraction of sp³-hybridized carbons (Fsp3) is 0.0588. The molecule has 0 spiro atoms. The molecule has 0 saturated heterocycles. The molecule has 2 aromatic heterocycles. The van der Waals surface area contributed by atoms with E-state index in [2.05, 4.69) is 31.1 Å². The van der Waals surface area contributed by atoms with Gasteiger partial charge in [-0.1, -0.05) is 21.1 Å². The first kappa shape index (κ1) is 15.6. The lowest BCUT2D eigenvalue weighted by molar-refractivity contribution is 0.420. The van der Waals surface area contributed by atoms with Crippen LogP contribution in [0.5, 0.6) is 0 Å². The highest BCUT2D eigenvalue weighted by molar-refractivity contribution is 9.10. The van der Waals surface area contributed by atoms with Gasteiger partial charge in [0, 0.05) is 10.0 Å². The van der Waals surface area contributed by atoms with E-state index in [0.717, 1.165) is 4.47 Å². The van der Waals surface area contributed by atoms with Crippen LogP contribution in [0.1, 0.15) is 5.82 Å². The summed E-state index contributed by atoms with van der Waals surface area (Å²) in [7, 11) is 0. The van der Waals surface area contributed by atoms with Gasteiger partial charge in [-0.05, 0) is 42.5 Å². The van der Waals surface area contributed by atoms with E-state index in [0.29, 0.717) is 22.3 Å². The maximum absolute atomic E-state index is 13.0. The highest BCUT2D eigenvalue weighted by atomic mass is 79.9. The average molecular weight is 401 g/mol. The predicted molar refractivity (Wildman–Crippen MR) is 92.5 cm³/mol. The van der Waals surface area contributed by atoms with Gasteiger partial charge in [0.05, 0.1) is 23.8 Å². The smallest absolute Gasteiger partial charge is 0.261 e. The second-order valence-electron chi connectivity index (χ2n) is 5.36. The minimum atomic E-state index is -0.344. The van der Waals surface area contributed by atoms with E-state index >= 15 is 0 Å². The molecule has 0 aliphatic heterocycles. The van der Waals surface area contributed by atoms with Crippen LogP contribution in [0.15, 0.2) is 62.6 Å². The van der Waals surface area contributed by atoms with Gasteiger partial charge in [-0.15, -0.1) is 0 Å². The Morgan fingerprint density at radius 2 is 1.96 bits per heavy atom. The van der Waals surface area contributed by atoms with Crippen LogP contribution in [0, 0.1) is 5.82 Å². The summed E-state index contributed by atoms with van der Waals surface area (Å²) >= 11 is 3.35. The van der Waals surface area contributed by atoms with Crippen molar-refractivity contribution in [2.75, 3.05) is 0 Å². The van der Waals surface area contributed by atoms with E-state index in [4.69, 9.17) is 4.52 Å². The molecule has 0 N–H and O–H groups in total. The van der Waals surface area contributed by atoms with Crippen LogP contribution >= 0.6 is 15.9 Å². The van der Waals surface area contributed by atoms with Crippen molar-refractivity contribution in [3.05, 3.63) is 75.3 Å². The third-order valence-electron chi connectivity index (χ3n) is 3.66. The van der Waals surface area contributed by atoms with Crippen molar-refractivity contribution in [2.45, 2.75) is 6.54 Å². The predicted octanol–water partition coefficient (Wildman–Crippen LogP) is 3.40. The van der Waals surface area contributed by atoms with Gasteiger partial charge in [0.2, 0.25) is 0 Å². The Bertz CT molecular complexity index is 1120. The fourth-order valence-electron chi connectivity index (χ4n) is 2.42. The topological polar surface area (TPSA) is 73.8 Å². The molecule has 0 unspecified atom stereocenters. The van der Waals surface area contributed by atoms with Crippen LogP contribution in [0.2, 0.25) is 0 Å². The van der Waals surface area contributed by atoms with Gasteiger partial charge in [-0.2, -0.15) is 4.98 Å². The highest BCUT2D eigenvalue weighted by Crippen LogP contribution is 2.18. The van der Waals surface area contributed by atoms with Crippen molar-refractivity contribution in [1.29, 1.82) is 0 Å². The number of nitrogens with zero attached hydrogens (tertiary/aromatic N) is 4. The Kier molecular flexibility index (Phi) is 3.89. The minimum absolute atomic E-state index is 0.124. The van der Waals surface area contributed by atoms with Gasteiger partial charge >= 0.3 is 0 Å². The normalized spacial score (nSPS) is 11.1. The molecule has 0 saturated carbocycles. The Balaban J connectivity index is 1.67. The fourth-order valence-corrected chi connectivity index (χ4v) is 2.79. The average Bonchev–Trinajstić information content (AvgIpc) is 3.07. The molecule has 2 heterocycles. The molecule has 25 heavy (non-hydrogen) atoms. The molecule has 124 valence electrons. The molecule has 0 radical (unpaired) electrons. The molecular formula is C17H10BrFN4O2. The van der Waals surface area contributed by atoms with Crippen LogP contribution in [0.3, 0.4) is 0 Å². The molecule has 0 atom stereocenters. The van der Waals surface area contributed by atoms with E-state index in [9.17, 15) is 9.18 Å². The standard InChI is InChI=1S/C17H10BrFN4O2/c18-11-3-6-14-13(7-11)17(24)23(9-20-14)8-15-21-16(25-22-15)10-1-4-12(19)5-2-10/h1-7,9H,8H2. The molecule has 0 aliphatic rings. The maximum Gasteiger partial charge on any atom is 0.261 e. The molecule has 4 rings (SSSR count). The molecular weight excluding hydrogens is 391 g/mol. The second kappa shape index (κ2) is 6.21. The number of halogens is 2. The first-order chi connectivity index (χ1) is 12.1. The Hall–Kier alpha value is -2.87. The lowest BCUT2D eigenvalue weighted by atomic mass is 10.2. The lowest BCUT2D eigenvalue weighted by Gasteiger charge is -2.04. The highest BCUT2D eigenvalue weighted by Gasteiger charge is 2.11. The monoisotopic (exact) mass is 400 g/mol. The SMILES string of the molecule is O=c1c2cc(Br)ccc2ncn1Cc1noc(-c2ccc(F)cc2)n1. The van der Waals surface area contributed by atoms with Crippen LogP contribution in [-0.4, -0.2) is 19.7 Å². The molecule has 0 fully saturated rings. The first-order valence-electron chi connectivity index (χ1n) is 7.33. The molecule has 0 aliphatic carbocycles. The maximum atomic E-state index is 13.0. The van der Waals surface area contributed by atoms with Gasteiger partial charge in [-0.3, -0.25) is 9.36 Å². The summed E-state index contributed by atoms with van der Waals surface area (Å²) in [6.07, 6.45) is 1.45. The number of hydrogen-bond acceptors (Lipinski definition) is 5. The third kappa shape index (κ3) is 3.08. The zero-order valence-corrected chi connectivity index (χ0v) is 14.3. The van der Waals surface area contributed by atoms with E-state index in [1.165, 1.54) is 23.0 Å². The number of aromatic nitrogens is 4. The van der Waals surface area contributed by atoms with Crippen molar-refractivity contribution in [2.24, 2.45) is 0 Å². The van der Waals surface area contributed by atoms with E-state index < -0.39 is 0 Å².